The number of carbonyl (C=O) groups excluding carboxylic acids is 3. The van der Waals surface area contributed by atoms with E-state index in [-0.39, 0.29) is 11.8 Å². The van der Waals surface area contributed by atoms with Gasteiger partial charge in [0.2, 0.25) is 17.7 Å². The van der Waals surface area contributed by atoms with Crippen molar-refractivity contribution >= 4 is 40.3 Å². The maximum atomic E-state index is 13.8. The second-order valence-electron chi connectivity index (χ2n) is 8.25. The lowest BCUT2D eigenvalue weighted by Gasteiger charge is -2.34. The summed E-state index contributed by atoms with van der Waals surface area (Å²) in [5.41, 5.74) is 8.24. The van der Waals surface area contributed by atoms with Crippen LogP contribution in [-0.2, 0) is 14.4 Å². The van der Waals surface area contributed by atoms with Crippen LogP contribution in [-0.4, -0.2) is 28.7 Å². The van der Waals surface area contributed by atoms with Crippen LogP contribution in [0.5, 0.6) is 0 Å². The maximum Gasteiger partial charge on any atom is 0.240 e. The van der Waals surface area contributed by atoms with Crippen LogP contribution >= 0.6 is 0 Å². The van der Waals surface area contributed by atoms with E-state index in [1.165, 1.54) is 4.90 Å². The second-order valence-corrected chi connectivity index (χ2v) is 8.25. The summed E-state index contributed by atoms with van der Waals surface area (Å²) in [4.78, 5) is 43.0. The van der Waals surface area contributed by atoms with Crippen molar-refractivity contribution in [1.29, 1.82) is 0 Å². The number of nitrogens with zero attached hydrogens (tertiary/aromatic N) is 2. The summed E-state index contributed by atoms with van der Waals surface area (Å²) in [5, 5.41) is 1.76. The number of amides is 3. The topological polar surface area (TPSA) is 83.7 Å². The monoisotopic (exact) mass is 409 g/mol. The summed E-state index contributed by atoms with van der Waals surface area (Å²) in [6.07, 6.45) is 3.70. The minimum absolute atomic E-state index is 0.282. The molecule has 6 rings (SSSR count). The zero-order chi connectivity index (χ0) is 21.3. The van der Waals surface area contributed by atoms with Crippen molar-refractivity contribution < 1.29 is 14.4 Å². The molecule has 0 saturated carbocycles. The molecule has 0 spiro atoms. The molecular weight excluding hydrogens is 390 g/mol. The van der Waals surface area contributed by atoms with E-state index >= 15 is 0 Å². The summed E-state index contributed by atoms with van der Waals surface area (Å²) in [6, 6.07) is 19.7. The number of benzene rings is 3. The van der Waals surface area contributed by atoms with Crippen molar-refractivity contribution in [3.05, 3.63) is 84.1 Å². The summed E-state index contributed by atoms with van der Waals surface area (Å²) in [7, 11) is 0. The third-order valence-corrected chi connectivity index (χ3v) is 6.76. The molecule has 3 amide bonds. The number of primary amides is 1. The molecule has 0 bridgehead atoms. The van der Waals surface area contributed by atoms with Gasteiger partial charge in [-0.3, -0.25) is 14.4 Å². The van der Waals surface area contributed by atoms with Gasteiger partial charge in [0.15, 0.2) is 0 Å². The van der Waals surface area contributed by atoms with Crippen LogP contribution in [0, 0.1) is 11.8 Å². The van der Waals surface area contributed by atoms with Gasteiger partial charge in [0.05, 0.1) is 23.6 Å². The lowest BCUT2D eigenvalue weighted by molar-refractivity contribution is -0.129. The molecule has 0 aliphatic carbocycles. The van der Waals surface area contributed by atoms with E-state index in [1.54, 1.807) is 17.2 Å². The Hall–Kier alpha value is -3.93. The van der Waals surface area contributed by atoms with Gasteiger partial charge in [0.25, 0.3) is 0 Å². The smallest absolute Gasteiger partial charge is 0.240 e. The zero-order valence-corrected chi connectivity index (χ0v) is 16.5. The van der Waals surface area contributed by atoms with Crippen LogP contribution in [0.2, 0.25) is 0 Å². The Kier molecular flexibility index (Phi) is 3.63. The van der Waals surface area contributed by atoms with Crippen molar-refractivity contribution in [2.24, 2.45) is 17.6 Å². The fourth-order valence-corrected chi connectivity index (χ4v) is 5.52. The van der Waals surface area contributed by atoms with Crippen molar-refractivity contribution in [2.75, 3.05) is 4.90 Å². The molecule has 31 heavy (non-hydrogen) atoms. The van der Waals surface area contributed by atoms with Crippen molar-refractivity contribution in [1.82, 2.24) is 4.90 Å². The lowest BCUT2D eigenvalue weighted by Crippen LogP contribution is -2.46. The molecule has 6 heteroatoms. The summed E-state index contributed by atoms with van der Waals surface area (Å²) in [6.45, 7) is 0. The normalized spacial score (nSPS) is 26.2. The zero-order valence-electron chi connectivity index (χ0n) is 16.5. The molecule has 152 valence electrons. The van der Waals surface area contributed by atoms with Crippen molar-refractivity contribution in [3.8, 4) is 0 Å². The predicted molar refractivity (Wildman–Crippen MR) is 116 cm³/mol. The van der Waals surface area contributed by atoms with Gasteiger partial charge in [-0.05, 0) is 28.7 Å². The molecule has 0 radical (unpaired) electrons. The molecule has 6 nitrogen and oxygen atoms in total. The van der Waals surface area contributed by atoms with Gasteiger partial charge in [-0.15, -0.1) is 0 Å². The van der Waals surface area contributed by atoms with Gasteiger partial charge in [0, 0.05) is 11.6 Å². The van der Waals surface area contributed by atoms with E-state index < -0.39 is 29.8 Å². The largest absolute Gasteiger partial charge is 0.368 e. The van der Waals surface area contributed by atoms with E-state index in [9.17, 15) is 14.4 Å². The second kappa shape index (κ2) is 6.28. The summed E-state index contributed by atoms with van der Waals surface area (Å²) >= 11 is 0. The van der Waals surface area contributed by atoms with Gasteiger partial charge in [-0.25, -0.2) is 4.90 Å². The van der Waals surface area contributed by atoms with Gasteiger partial charge >= 0.3 is 0 Å². The molecule has 3 aromatic rings. The summed E-state index contributed by atoms with van der Waals surface area (Å²) < 4.78 is 0. The lowest BCUT2D eigenvalue weighted by atomic mass is 9.84. The van der Waals surface area contributed by atoms with Gasteiger partial charge in [-0.2, -0.15) is 0 Å². The molecule has 3 aromatic carbocycles. The van der Waals surface area contributed by atoms with Gasteiger partial charge < -0.3 is 10.6 Å². The van der Waals surface area contributed by atoms with E-state index in [0.717, 1.165) is 21.9 Å². The number of imide groups is 1. The highest BCUT2D eigenvalue weighted by Crippen LogP contribution is 2.53. The number of rotatable bonds is 2. The Morgan fingerprint density at radius 2 is 1.55 bits per heavy atom. The first-order valence-corrected chi connectivity index (χ1v) is 10.3. The van der Waals surface area contributed by atoms with Crippen LogP contribution in [0.4, 0.5) is 5.69 Å². The Balaban J connectivity index is 1.53. The minimum Gasteiger partial charge on any atom is -0.368 e. The molecule has 0 aromatic heterocycles. The van der Waals surface area contributed by atoms with E-state index in [2.05, 4.69) is 0 Å². The average molecular weight is 409 g/mol. The van der Waals surface area contributed by atoms with Crippen molar-refractivity contribution in [3.63, 3.8) is 0 Å². The molecule has 4 atom stereocenters. The Morgan fingerprint density at radius 1 is 0.839 bits per heavy atom. The van der Waals surface area contributed by atoms with Crippen LogP contribution in [0.1, 0.15) is 17.2 Å². The van der Waals surface area contributed by atoms with E-state index in [0.29, 0.717) is 5.69 Å². The van der Waals surface area contributed by atoms with Crippen LogP contribution < -0.4 is 10.6 Å². The van der Waals surface area contributed by atoms with Crippen LogP contribution in [0.3, 0.4) is 0 Å². The fourth-order valence-electron chi connectivity index (χ4n) is 5.52. The Morgan fingerprint density at radius 3 is 2.39 bits per heavy atom. The number of fused-ring (bicyclic) bond motifs is 6. The highest BCUT2D eigenvalue weighted by Gasteiger charge is 2.64. The molecule has 0 unspecified atom stereocenters. The minimum atomic E-state index is -0.865. The summed E-state index contributed by atoms with van der Waals surface area (Å²) in [5.74, 6) is -2.73. The SMILES string of the molecule is NC(=O)[C@@H]1[C@@H]2C(=O)N(c3cccc4ccccc34)C(=O)[C@H]2[C@@H]2c3ccccc3C=CN12. The first-order valence-electron chi connectivity index (χ1n) is 10.3. The average Bonchev–Trinajstić information content (AvgIpc) is 3.26. The molecule has 3 aliphatic heterocycles. The highest BCUT2D eigenvalue weighted by molar-refractivity contribution is 6.26. The highest BCUT2D eigenvalue weighted by atomic mass is 16.2. The molecule has 2 fully saturated rings. The fraction of sp³-hybridized carbons (Fsp3) is 0.160. The molecule has 2 N–H and O–H groups in total. The van der Waals surface area contributed by atoms with Gasteiger partial charge in [-0.1, -0.05) is 60.7 Å². The van der Waals surface area contributed by atoms with E-state index in [4.69, 9.17) is 5.73 Å². The molecular formula is C25H19N3O3. The maximum absolute atomic E-state index is 13.8. The standard InChI is InChI=1S/C25H19N3O3/c26-23(29)22-20-19(21-17-10-4-2-7-15(17)12-13-27(21)22)24(30)28(25(20)31)18-11-5-8-14-6-1-3-9-16(14)18/h1-13,19-22H,(H2,26,29)/t19-,20-,21+,22+/m1/s1. The number of nitrogens with two attached hydrogens (primary N) is 1. The number of hydrogen-bond acceptors (Lipinski definition) is 4. The molecule has 2 saturated heterocycles. The number of hydrogen-bond donors (Lipinski definition) is 1. The Bertz CT molecular complexity index is 1310. The van der Waals surface area contributed by atoms with Crippen molar-refractivity contribution in [2.45, 2.75) is 12.1 Å². The molecule has 3 heterocycles. The number of anilines is 1. The quantitative estimate of drug-likeness (QED) is 0.660. The molecule has 3 aliphatic rings. The third kappa shape index (κ3) is 2.30. The third-order valence-electron chi connectivity index (χ3n) is 6.76. The first-order chi connectivity index (χ1) is 15.1. The van der Waals surface area contributed by atoms with Crippen LogP contribution in [0.15, 0.2) is 72.9 Å². The van der Waals surface area contributed by atoms with Crippen LogP contribution in [0.25, 0.3) is 16.8 Å². The Labute approximate surface area is 178 Å². The number of carbonyl (C=O) groups is 3. The van der Waals surface area contributed by atoms with Gasteiger partial charge in [0.1, 0.15) is 6.04 Å². The first kappa shape index (κ1) is 17.9. The van der Waals surface area contributed by atoms with E-state index in [1.807, 2.05) is 66.7 Å². The predicted octanol–water partition coefficient (Wildman–Crippen LogP) is 2.84.